The van der Waals surface area contributed by atoms with Crippen molar-refractivity contribution in [2.24, 2.45) is 0 Å². The van der Waals surface area contributed by atoms with E-state index < -0.39 is 23.6 Å². The molecule has 2 amide bonds. The summed E-state index contributed by atoms with van der Waals surface area (Å²) in [4.78, 5) is 41.3. The quantitative estimate of drug-likeness (QED) is 0.143. The van der Waals surface area contributed by atoms with Crippen molar-refractivity contribution in [2.45, 2.75) is 52.4 Å². The van der Waals surface area contributed by atoms with Gasteiger partial charge in [0, 0.05) is 49.1 Å². The molecule has 4 aromatic heterocycles. The molecule has 5 aromatic rings. The molecule has 4 heterocycles. The number of benzene rings is 1. The molecule has 0 aliphatic carbocycles. The Balaban J connectivity index is 1.24. The van der Waals surface area contributed by atoms with Crippen molar-refractivity contribution in [3.05, 3.63) is 84.1 Å². The summed E-state index contributed by atoms with van der Waals surface area (Å²) < 4.78 is 55.7. The van der Waals surface area contributed by atoms with Crippen LogP contribution in [0.4, 0.5) is 29.5 Å². The van der Waals surface area contributed by atoms with Crippen LogP contribution >= 0.6 is 0 Å². The lowest BCUT2D eigenvalue weighted by Crippen LogP contribution is -2.34. The highest BCUT2D eigenvalue weighted by Crippen LogP contribution is 2.37. The fourth-order valence-corrected chi connectivity index (χ4v) is 4.98. The Labute approximate surface area is 285 Å². The molecule has 3 N–H and O–H groups in total. The van der Waals surface area contributed by atoms with Gasteiger partial charge in [-0.25, -0.2) is 24.7 Å². The van der Waals surface area contributed by atoms with Gasteiger partial charge in [0.25, 0.3) is 5.91 Å². The van der Waals surface area contributed by atoms with E-state index in [4.69, 9.17) is 9.47 Å². The molecule has 264 valence electrons. The van der Waals surface area contributed by atoms with Crippen molar-refractivity contribution >= 4 is 29.2 Å². The minimum Gasteiger partial charge on any atom is -0.444 e. The van der Waals surface area contributed by atoms with E-state index in [0.29, 0.717) is 34.8 Å². The molecular formula is C33H37F3N10O4. The average molecular weight is 695 g/mol. The van der Waals surface area contributed by atoms with E-state index in [9.17, 15) is 22.8 Å². The second-order valence-corrected chi connectivity index (χ2v) is 12.0. The third-order valence-electron chi connectivity index (χ3n) is 7.14. The summed E-state index contributed by atoms with van der Waals surface area (Å²) in [6.07, 6.45) is 3.77. The number of nitrogens with zero attached hydrogens (tertiary/aromatic N) is 7. The fraction of sp³-hybridized carbons (Fsp3) is 0.364. The first kappa shape index (κ1) is 35.7. The van der Waals surface area contributed by atoms with Gasteiger partial charge in [-0.3, -0.25) is 13.9 Å². The molecule has 0 atom stereocenters. The van der Waals surface area contributed by atoms with Crippen LogP contribution < -0.4 is 16.0 Å². The predicted octanol–water partition coefficient (Wildman–Crippen LogP) is 5.03. The Morgan fingerprint density at radius 2 is 1.76 bits per heavy atom. The Bertz CT molecular complexity index is 1940. The highest BCUT2D eigenvalue weighted by atomic mass is 19.4. The molecule has 0 unspecified atom stereocenters. The molecule has 5 rings (SSSR count). The van der Waals surface area contributed by atoms with E-state index in [-0.39, 0.29) is 50.0 Å². The van der Waals surface area contributed by atoms with Crippen LogP contribution in [0.25, 0.3) is 16.9 Å². The minimum atomic E-state index is -4.72. The van der Waals surface area contributed by atoms with E-state index in [2.05, 4.69) is 41.0 Å². The van der Waals surface area contributed by atoms with Crippen molar-refractivity contribution in [3.8, 4) is 11.3 Å². The van der Waals surface area contributed by atoms with Crippen molar-refractivity contribution in [2.75, 3.05) is 31.6 Å². The molecule has 50 heavy (non-hydrogen) atoms. The lowest BCUT2D eigenvalue weighted by Gasteiger charge is -2.19. The third kappa shape index (κ3) is 9.10. The Morgan fingerprint density at radius 3 is 2.46 bits per heavy atom. The van der Waals surface area contributed by atoms with Crippen LogP contribution in [0, 0.1) is 0 Å². The van der Waals surface area contributed by atoms with Crippen LogP contribution in [0.15, 0.2) is 61.6 Å². The van der Waals surface area contributed by atoms with Gasteiger partial charge in [-0.05, 0) is 57.0 Å². The topological polar surface area (TPSA) is 162 Å². The Kier molecular flexibility index (Phi) is 10.9. The zero-order valence-electron chi connectivity index (χ0n) is 27.9. The van der Waals surface area contributed by atoms with Gasteiger partial charge in [0.15, 0.2) is 17.2 Å². The third-order valence-corrected chi connectivity index (χ3v) is 7.14. The monoisotopic (exact) mass is 694 g/mol. The summed E-state index contributed by atoms with van der Waals surface area (Å²) in [5.41, 5.74) is 1.03. The number of aromatic nitrogens is 7. The number of imidazole rings is 1. The standard InChI is InChI=1S/C33H37F3N10O4/c1-5-21-16-22(6-7-24(21)30(47)39-11-14-49-15-12-40-31(48)50-32(2,3)4)43-28-29-41-17-26(46(29)13-10-38-28)25-19-45(44-27(25)33(34,35)36)18-23-8-9-37-20-42-23/h6-10,13,16-17,19-20H,5,11-12,14-15,18H2,1-4H3,(H,38,43)(H,39,47)(H,40,48). The smallest absolute Gasteiger partial charge is 0.435 e. The summed E-state index contributed by atoms with van der Waals surface area (Å²) in [6, 6.07) is 6.80. The fourth-order valence-electron chi connectivity index (χ4n) is 4.98. The van der Waals surface area contributed by atoms with Crippen LogP contribution in [-0.2, 0) is 28.6 Å². The van der Waals surface area contributed by atoms with Crippen LogP contribution in [0.5, 0.6) is 0 Å². The number of carbonyl (C=O) groups excluding carboxylic acids is 2. The molecule has 0 bridgehead atoms. The predicted molar refractivity (Wildman–Crippen MR) is 177 cm³/mol. The zero-order valence-corrected chi connectivity index (χ0v) is 27.9. The number of alkyl halides is 3. The molecule has 0 spiro atoms. The van der Waals surface area contributed by atoms with Gasteiger partial charge in [-0.1, -0.05) is 6.92 Å². The van der Waals surface area contributed by atoms with Crippen molar-refractivity contribution < 1.29 is 32.2 Å². The highest BCUT2D eigenvalue weighted by molar-refractivity contribution is 5.96. The molecule has 14 nitrogen and oxygen atoms in total. The minimum absolute atomic E-state index is 0.0212. The molecule has 0 aliphatic heterocycles. The molecular weight excluding hydrogens is 657 g/mol. The Morgan fingerprint density at radius 1 is 0.980 bits per heavy atom. The summed E-state index contributed by atoms with van der Waals surface area (Å²) in [7, 11) is 0. The summed E-state index contributed by atoms with van der Waals surface area (Å²) >= 11 is 0. The number of nitrogens with one attached hydrogen (secondary N) is 3. The first-order valence-corrected chi connectivity index (χ1v) is 15.8. The first-order chi connectivity index (χ1) is 23.8. The highest BCUT2D eigenvalue weighted by Gasteiger charge is 2.38. The maximum Gasteiger partial charge on any atom is 0.435 e. The van der Waals surface area contributed by atoms with Crippen LogP contribution in [0.2, 0.25) is 0 Å². The van der Waals surface area contributed by atoms with Gasteiger partial charge in [0.05, 0.1) is 42.9 Å². The van der Waals surface area contributed by atoms with E-state index in [1.165, 1.54) is 46.4 Å². The van der Waals surface area contributed by atoms with Gasteiger partial charge >= 0.3 is 12.3 Å². The van der Waals surface area contributed by atoms with E-state index in [1.807, 2.05) is 13.0 Å². The number of alkyl carbamates (subject to hydrolysis) is 1. The number of fused-ring (bicyclic) bond motifs is 1. The maximum absolute atomic E-state index is 14.1. The number of amides is 2. The zero-order chi connectivity index (χ0) is 35.9. The number of carbonyl (C=O) groups is 2. The van der Waals surface area contributed by atoms with Crippen LogP contribution in [-0.4, -0.2) is 78.0 Å². The number of hydrogen-bond acceptors (Lipinski definition) is 10. The normalized spacial score (nSPS) is 11.8. The molecule has 0 saturated carbocycles. The number of ether oxygens (including phenoxy) is 2. The van der Waals surface area contributed by atoms with Gasteiger partial charge < -0.3 is 25.4 Å². The number of hydrogen-bond donors (Lipinski definition) is 3. The number of halogens is 3. The van der Waals surface area contributed by atoms with Crippen molar-refractivity contribution in [1.29, 1.82) is 0 Å². The van der Waals surface area contributed by atoms with Crippen LogP contribution in [0.1, 0.15) is 55.0 Å². The number of aryl methyl sites for hydroxylation is 1. The Hall–Kier alpha value is -5.58. The second kappa shape index (κ2) is 15.3. The summed E-state index contributed by atoms with van der Waals surface area (Å²) in [5, 5.41) is 12.4. The second-order valence-electron chi connectivity index (χ2n) is 12.0. The van der Waals surface area contributed by atoms with E-state index in [1.54, 1.807) is 39.0 Å². The van der Waals surface area contributed by atoms with Gasteiger partial charge in [0.2, 0.25) is 0 Å². The SMILES string of the molecule is CCc1cc(Nc2nccn3c(-c4cn(Cc5ccncn5)nc4C(F)(F)F)cnc23)ccc1C(=O)NCCOCCNC(=O)OC(C)(C)C. The molecule has 0 saturated heterocycles. The first-order valence-electron chi connectivity index (χ1n) is 15.8. The van der Waals surface area contributed by atoms with E-state index in [0.717, 1.165) is 5.56 Å². The maximum atomic E-state index is 14.1. The lowest BCUT2D eigenvalue weighted by atomic mass is 10.0. The van der Waals surface area contributed by atoms with Crippen LogP contribution in [0.3, 0.4) is 0 Å². The van der Waals surface area contributed by atoms with Crippen molar-refractivity contribution in [3.63, 3.8) is 0 Å². The largest absolute Gasteiger partial charge is 0.444 e. The number of rotatable bonds is 13. The molecule has 0 fully saturated rings. The summed E-state index contributed by atoms with van der Waals surface area (Å²) in [5.74, 6) is 0.0287. The molecule has 0 radical (unpaired) electrons. The average Bonchev–Trinajstić information content (AvgIpc) is 3.69. The molecule has 0 aliphatic rings. The number of anilines is 2. The molecule has 17 heteroatoms. The van der Waals surface area contributed by atoms with Gasteiger partial charge in [-0.15, -0.1) is 0 Å². The summed E-state index contributed by atoms with van der Waals surface area (Å²) in [6.45, 7) is 8.30. The lowest BCUT2D eigenvalue weighted by molar-refractivity contribution is -0.141. The van der Waals surface area contributed by atoms with Gasteiger partial charge in [-0.2, -0.15) is 18.3 Å². The van der Waals surface area contributed by atoms with Gasteiger partial charge in [0.1, 0.15) is 11.9 Å². The van der Waals surface area contributed by atoms with Crippen molar-refractivity contribution in [1.82, 2.24) is 44.8 Å². The van der Waals surface area contributed by atoms with E-state index >= 15 is 0 Å². The molecule has 1 aromatic carbocycles.